The number of nitrogens with zero attached hydrogens (tertiary/aromatic N) is 5. The third kappa shape index (κ3) is 6.04. The minimum absolute atomic E-state index is 0.00221. The molecule has 7 rings (SSSR count). The molecule has 11 nitrogen and oxygen atoms in total. The number of carbonyl (C=O) groups excluding carboxylic acids is 1. The summed E-state index contributed by atoms with van der Waals surface area (Å²) in [5, 5.41) is 22.6. The zero-order valence-corrected chi connectivity index (χ0v) is 26.4. The lowest BCUT2D eigenvalue weighted by molar-refractivity contribution is -0.149. The monoisotopic (exact) mass is 623 g/mol. The fourth-order valence-corrected chi connectivity index (χ4v) is 7.02. The van der Waals surface area contributed by atoms with E-state index >= 15 is 0 Å². The van der Waals surface area contributed by atoms with Gasteiger partial charge in [-0.15, -0.1) is 0 Å². The van der Waals surface area contributed by atoms with Crippen molar-refractivity contribution in [2.24, 2.45) is 5.92 Å². The van der Waals surface area contributed by atoms with Gasteiger partial charge in [-0.05, 0) is 100.0 Å². The quantitative estimate of drug-likeness (QED) is 0.170. The molecule has 0 spiro atoms. The summed E-state index contributed by atoms with van der Waals surface area (Å²) in [6.45, 7) is 4.83. The predicted octanol–water partition coefficient (Wildman–Crippen LogP) is 5.98. The molecule has 5 aromatic rings. The van der Waals surface area contributed by atoms with Crippen LogP contribution in [0.5, 0.6) is 5.75 Å². The van der Waals surface area contributed by atoms with Crippen molar-refractivity contribution in [1.82, 2.24) is 29.6 Å². The number of H-pyrrole nitrogens is 1. The highest BCUT2D eigenvalue weighted by Crippen LogP contribution is 2.38. The minimum atomic E-state index is -0.250. The lowest BCUT2D eigenvalue weighted by Gasteiger charge is -2.30. The van der Waals surface area contributed by atoms with Crippen molar-refractivity contribution in [3.8, 4) is 16.9 Å². The van der Waals surface area contributed by atoms with E-state index in [-0.39, 0.29) is 24.0 Å². The molecule has 4 heterocycles. The molecule has 1 saturated heterocycles. The number of ether oxygens (including phenoxy) is 2. The number of aliphatic hydroxyl groups excluding tert-OH is 1. The number of hydrogen-bond donors (Lipinski definition) is 3. The largest absolute Gasteiger partial charge is 0.496 e. The Bertz CT molecular complexity index is 1830. The highest BCUT2D eigenvalue weighted by atomic mass is 16.5. The molecule has 46 heavy (non-hydrogen) atoms. The van der Waals surface area contributed by atoms with Gasteiger partial charge in [-0.2, -0.15) is 5.10 Å². The van der Waals surface area contributed by atoms with Crippen molar-refractivity contribution < 1.29 is 19.4 Å². The number of anilines is 2. The van der Waals surface area contributed by atoms with Crippen LogP contribution in [0.2, 0.25) is 0 Å². The van der Waals surface area contributed by atoms with E-state index in [4.69, 9.17) is 14.5 Å². The van der Waals surface area contributed by atoms with Gasteiger partial charge in [-0.3, -0.25) is 19.8 Å². The second-order valence-corrected chi connectivity index (χ2v) is 12.4. The first-order valence-electron chi connectivity index (χ1n) is 16.3. The van der Waals surface area contributed by atoms with Gasteiger partial charge in [-0.25, -0.2) is 4.98 Å². The van der Waals surface area contributed by atoms with Gasteiger partial charge in [-0.1, -0.05) is 12.1 Å². The standard InChI is InChI=1S/C35H41N7O4/c1-3-46-34(44)23-13-16-41(17-14-23)21-22-4-11-31-30(18-22)37-35(42(31)25-6-8-26(43)9-7-25)38-33-27-19-24(5-10-29(27)39-40-33)28-20-36-15-12-32(28)45-2/h4-5,10-12,15,18-20,23,25-26,43H,3,6-9,13-14,16-17,21H2,1-2H3,(H2,37,38,39,40). The fourth-order valence-electron chi connectivity index (χ4n) is 7.02. The number of aromatic amines is 1. The van der Waals surface area contributed by atoms with Crippen LogP contribution in [-0.2, 0) is 16.1 Å². The maximum absolute atomic E-state index is 12.2. The normalized spacial score (nSPS) is 19.5. The second-order valence-electron chi connectivity index (χ2n) is 12.4. The Labute approximate surface area is 267 Å². The maximum Gasteiger partial charge on any atom is 0.309 e. The molecule has 2 fully saturated rings. The van der Waals surface area contributed by atoms with Crippen LogP contribution in [0.3, 0.4) is 0 Å². The number of fused-ring (bicyclic) bond motifs is 2. The molecule has 1 saturated carbocycles. The lowest BCUT2D eigenvalue weighted by Crippen LogP contribution is -2.36. The molecule has 1 aliphatic carbocycles. The number of aromatic nitrogens is 5. The molecule has 3 aromatic heterocycles. The van der Waals surface area contributed by atoms with Gasteiger partial charge in [0, 0.05) is 35.9 Å². The van der Waals surface area contributed by atoms with Crippen LogP contribution >= 0.6 is 0 Å². The smallest absolute Gasteiger partial charge is 0.309 e. The molecular formula is C35H41N7O4. The maximum atomic E-state index is 12.2. The summed E-state index contributed by atoms with van der Waals surface area (Å²) < 4.78 is 13.1. The number of esters is 1. The molecule has 240 valence electrons. The highest BCUT2D eigenvalue weighted by Gasteiger charge is 2.28. The molecule has 11 heteroatoms. The van der Waals surface area contributed by atoms with Crippen molar-refractivity contribution >= 4 is 39.7 Å². The summed E-state index contributed by atoms with van der Waals surface area (Å²) in [5.74, 6) is 2.12. The molecule has 0 atom stereocenters. The number of piperidine rings is 1. The number of rotatable bonds is 9. The number of carbonyl (C=O) groups is 1. The third-order valence-corrected chi connectivity index (χ3v) is 9.50. The van der Waals surface area contributed by atoms with Gasteiger partial charge in [0.2, 0.25) is 5.95 Å². The van der Waals surface area contributed by atoms with Crippen LogP contribution in [0.25, 0.3) is 33.1 Å². The van der Waals surface area contributed by atoms with E-state index in [0.717, 1.165) is 103 Å². The van der Waals surface area contributed by atoms with Crippen molar-refractivity contribution in [3.63, 3.8) is 0 Å². The first kappa shape index (κ1) is 30.2. The van der Waals surface area contributed by atoms with E-state index in [2.05, 4.69) is 54.2 Å². The molecule has 3 N–H and O–H groups in total. The third-order valence-electron chi connectivity index (χ3n) is 9.50. The molecule has 0 radical (unpaired) electrons. The molecule has 0 bridgehead atoms. The Hall–Kier alpha value is -4.48. The zero-order valence-electron chi connectivity index (χ0n) is 26.4. The average Bonchev–Trinajstić information content (AvgIpc) is 3.65. The number of methoxy groups -OCH3 is 1. The molecule has 2 aliphatic rings. The van der Waals surface area contributed by atoms with Gasteiger partial charge >= 0.3 is 5.97 Å². The number of nitrogens with one attached hydrogen (secondary N) is 2. The van der Waals surface area contributed by atoms with E-state index < -0.39 is 0 Å². The first-order valence-corrected chi connectivity index (χ1v) is 16.3. The molecule has 0 amide bonds. The van der Waals surface area contributed by atoms with Crippen molar-refractivity contribution in [2.45, 2.75) is 64.1 Å². The topological polar surface area (TPSA) is 130 Å². The summed E-state index contributed by atoms with van der Waals surface area (Å²) in [7, 11) is 1.66. The fraction of sp³-hybridized carbons (Fsp3) is 0.429. The molecular weight excluding hydrogens is 582 g/mol. The van der Waals surface area contributed by atoms with E-state index in [1.165, 1.54) is 5.56 Å². The summed E-state index contributed by atoms with van der Waals surface area (Å²) in [6, 6.07) is 14.8. The van der Waals surface area contributed by atoms with Crippen LogP contribution in [0.15, 0.2) is 54.9 Å². The number of hydrogen-bond acceptors (Lipinski definition) is 9. The molecule has 2 aromatic carbocycles. The Morgan fingerprint density at radius 2 is 1.89 bits per heavy atom. The van der Waals surface area contributed by atoms with Gasteiger partial charge < -0.3 is 24.5 Å². The van der Waals surface area contributed by atoms with Crippen molar-refractivity contribution in [2.75, 3.05) is 32.1 Å². The molecule has 0 unspecified atom stereocenters. The Kier molecular flexibility index (Phi) is 8.59. The number of benzene rings is 2. The van der Waals surface area contributed by atoms with E-state index in [1.54, 1.807) is 13.3 Å². The zero-order chi connectivity index (χ0) is 31.6. The summed E-state index contributed by atoms with van der Waals surface area (Å²) in [4.78, 5) is 24.0. The van der Waals surface area contributed by atoms with Crippen LogP contribution in [0.1, 0.15) is 57.1 Å². The Morgan fingerprint density at radius 1 is 1.07 bits per heavy atom. The average molecular weight is 624 g/mol. The van der Waals surface area contributed by atoms with E-state index in [9.17, 15) is 9.90 Å². The predicted molar refractivity (Wildman–Crippen MR) is 177 cm³/mol. The Morgan fingerprint density at radius 3 is 2.67 bits per heavy atom. The first-order chi connectivity index (χ1) is 22.5. The molecule has 1 aliphatic heterocycles. The lowest BCUT2D eigenvalue weighted by atomic mass is 9.93. The van der Waals surface area contributed by atoms with Crippen LogP contribution < -0.4 is 10.1 Å². The van der Waals surface area contributed by atoms with E-state index in [1.807, 2.05) is 31.3 Å². The van der Waals surface area contributed by atoms with Crippen molar-refractivity contribution in [1.29, 1.82) is 0 Å². The number of aliphatic hydroxyl groups is 1. The number of likely N-dealkylation sites (tertiary alicyclic amines) is 1. The van der Waals surface area contributed by atoms with Crippen LogP contribution in [-0.4, -0.2) is 73.6 Å². The summed E-state index contributed by atoms with van der Waals surface area (Å²) in [5.41, 5.74) is 5.98. The summed E-state index contributed by atoms with van der Waals surface area (Å²) in [6.07, 6.45) is 8.23. The summed E-state index contributed by atoms with van der Waals surface area (Å²) >= 11 is 0. The minimum Gasteiger partial charge on any atom is -0.496 e. The highest BCUT2D eigenvalue weighted by molar-refractivity contribution is 5.95. The van der Waals surface area contributed by atoms with E-state index in [0.29, 0.717) is 12.4 Å². The van der Waals surface area contributed by atoms with Crippen molar-refractivity contribution in [3.05, 3.63) is 60.4 Å². The van der Waals surface area contributed by atoms with Gasteiger partial charge in [0.05, 0.1) is 42.3 Å². The Balaban J connectivity index is 1.18. The van der Waals surface area contributed by atoms with Crippen LogP contribution in [0, 0.1) is 5.92 Å². The van der Waals surface area contributed by atoms with Gasteiger partial charge in [0.1, 0.15) is 5.75 Å². The SMILES string of the molecule is CCOC(=O)C1CCN(Cc2ccc3c(c2)nc(Nc2n[nH]c4ccc(-c5cnccc5OC)cc24)n3C2CCC(O)CC2)CC1. The number of pyridine rings is 1. The van der Waals surface area contributed by atoms with Gasteiger partial charge in [0.25, 0.3) is 0 Å². The second kappa shape index (κ2) is 13.1. The van der Waals surface area contributed by atoms with Gasteiger partial charge in [0.15, 0.2) is 5.82 Å². The van der Waals surface area contributed by atoms with Crippen LogP contribution in [0.4, 0.5) is 11.8 Å². The number of imidazole rings is 1.